The lowest BCUT2D eigenvalue weighted by molar-refractivity contribution is -0.137. The van der Waals surface area contributed by atoms with Crippen molar-refractivity contribution >= 4 is 5.78 Å². The number of hydrogen-bond acceptors (Lipinski definition) is 2. The molecule has 0 saturated heterocycles. The Morgan fingerprint density at radius 3 is 2.47 bits per heavy atom. The lowest BCUT2D eigenvalue weighted by Crippen LogP contribution is -2.15. The first-order chi connectivity index (χ1) is 8.71. The molecule has 1 aromatic rings. The highest BCUT2D eigenvalue weighted by atomic mass is 19.4. The first-order valence-corrected chi connectivity index (χ1v) is 6.18. The minimum Gasteiger partial charge on any atom is -0.328 e. The summed E-state index contributed by atoms with van der Waals surface area (Å²) in [6.45, 7) is 3.38. The zero-order valence-electron chi connectivity index (χ0n) is 11.1. The lowest BCUT2D eigenvalue weighted by Gasteiger charge is -2.10. The summed E-state index contributed by atoms with van der Waals surface area (Å²) in [6.07, 6.45) is -2.68. The quantitative estimate of drug-likeness (QED) is 0.831. The molecular formula is C14H18F3NO. The van der Waals surface area contributed by atoms with Crippen LogP contribution in [0.15, 0.2) is 18.2 Å². The van der Waals surface area contributed by atoms with E-state index in [-0.39, 0.29) is 11.8 Å². The van der Waals surface area contributed by atoms with Crippen molar-refractivity contribution in [3.8, 4) is 0 Å². The second-order valence-electron chi connectivity index (χ2n) is 4.82. The molecular weight excluding hydrogens is 255 g/mol. The Bertz CT molecular complexity index is 452. The minimum atomic E-state index is -4.37. The van der Waals surface area contributed by atoms with Crippen LogP contribution in [0.25, 0.3) is 0 Å². The molecule has 5 heteroatoms. The van der Waals surface area contributed by atoms with Gasteiger partial charge >= 0.3 is 6.18 Å². The Morgan fingerprint density at radius 1 is 1.37 bits per heavy atom. The smallest absolute Gasteiger partial charge is 0.328 e. The maximum absolute atomic E-state index is 12.5. The zero-order chi connectivity index (χ0) is 14.6. The number of benzene rings is 1. The monoisotopic (exact) mass is 273 g/mol. The van der Waals surface area contributed by atoms with E-state index in [1.54, 1.807) is 0 Å². The Kier molecular flexibility index (Phi) is 5.11. The molecule has 1 rings (SSSR count). The highest BCUT2D eigenvalue weighted by molar-refractivity contribution is 5.97. The van der Waals surface area contributed by atoms with E-state index < -0.39 is 11.7 Å². The van der Waals surface area contributed by atoms with Crippen LogP contribution in [0.3, 0.4) is 0 Å². The van der Waals surface area contributed by atoms with Crippen LogP contribution in [0.2, 0.25) is 0 Å². The molecule has 0 amide bonds. The van der Waals surface area contributed by atoms with Gasteiger partial charge in [0.05, 0.1) is 5.56 Å². The van der Waals surface area contributed by atoms with Gasteiger partial charge in [-0.25, -0.2) is 0 Å². The van der Waals surface area contributed by atoms with Crippen LogP contribution in [0.4, 0.5) is 13.2 Å². The molecule has 1 unspecified atom stereocenters. The van der Waals surface area contributed by atoms with E-state index in [0.29, 0.717) is 24.0 Å². The Balaban J connectivity index is 2.77. The summed E-state index contributed by atoms with van der Waals surface area (Å²) in [4.78, 5) is 11.9. The molecule has 0 saturated carbocycles. The Hall–Kier alpha value is -1.36. The summed E-state index contributed by atoms with van der Waals surface area (Å²) >= 11 is 0. The summed E-state index contributed by atoms with van der Waals surface area (Å²) < 4.78 is 37.5. The number of ketones is 1. The highest BCUT2D eigenvalue weighted by Crippen LogP contribution is 2.30. The van der Waals surface area contributed by atoms with E-state index in [1.165, 1.54) is 13.0 Å². The van der Waals surface area contributed by atoms with Gasteiger partial charge in [-0.15, -0.1) is 0 Å². The molecule has 2 N–H and O–H groups in total. The molecule has 0 bridgehead atoms. The predicted molar refractivity (Wildman–Crippen MR) is 68.0 cm³/mol. The molecule has 2 nitrogen and oxygen atoms in total. The van der Waals surface area contributed by atoms with E-state index in [4.69, 9.17) is 5.73 Å². The second kappa shape index (κ2) is 6.19. The van der Waals surface area contributed by atoms with Gasteiger partial charge in [0, 0.05) is 18.0 Å². The number of hydrogen-bond donors (Lipinski definition) is 1. The minimum absolute atomic E-state index is 0.0292. The molecule has 1 atom stereocenters. The molecule has 0 fully saturated rings. The van der Waals surface area contributed by atoms with E-state index in [2.05, 4.69) is 0 Å². The number of alkyl halides is 3. The summed E-state index contributed by atoms with van der Waals surface area (Å²) in [7, 11) is 0. The number of aryl methyl sites for hydroxylation is 1. The third-order valence-electron chi connectivity index (χ3n) is 2.92. The first kappa shape index (κ1) is 15.7. The predicted octanol–water partition coefficient (Wildman–Crippen LogP) is 3.71. The molecule has 0 aliphatic heterocycles. The molecule has 0 aliphatic carbocycles. The number of carbonyl (C=O) groups excluding carboxylic acids is 1. The third-order valence-corrected chi connectivity index (χ3v) is 2.92. The van der Waals surface area contributed by atoms with Crippen LogP contribution in [0.1, 0.15) is 47.7 Å². The number of carbonyl (C=O) groups is 1. The van der Waals surface area contributed by atoms with Gasteiger partial charge in [0.15, 0.2) is 5.78 Å². The van der Waals surface area contributed by atoms with Gasteiger partial charge in [-0.2, -0.15) is 13.2 Å². The molecule has 19 heavy (non-hydrogen) atoms. The van der Waals surface area contributed by atoms with Crippen LogP contribution in [-0.2, 0) is 6.18 Å². The fourth-order valence-electron chi connectivity index (χ4n) is 1.87. The summed E-state index contributed by atoms with van der Waals surface area (Å²) in [6, 6.07) is 3.25. The number of halogens is 3. The SMILES string of the molecule is Cc1cc(C(F)(F)F)ccc1C(=O)CCCC(C)N. The van der Waals surface area contributed by atoms with Gasteiger partial charge in [0.2, 0.25) is 0 Å². The normalized spacial score (nSPS) is 13.4. The van der Waals surface area contributed by atoms with E-state index >= 15 is 0 Å². The maximum atomic E-state index is 12.5. The standard InChI is InChI=1S/C14H18F3NO/c1-9-8-11(14(15,16)17)6-7-12(9)13(19)5-3-4-10(2)18/h6-8,10H,3-5,18H2,1-2H3. The van der Waals surface area contributed by atoms with Crippen molar-refractivity contribution < 1.29 is 18.0 Å². The number of nitrogens with two attached hydrogens (primary N) is 1. The molecule has 0 heterocycles. The van der Waals surface area contributed by atoms with Crippen molar-refractivity contribution in [3.05, 3.63) is 34.9 Å². The van der Waals surface area contributed by atoms with Crippen LogP contribution in [0, 0.1) is 6.92 Å². The summed E-state index contributed by atoms with van der Waals surface area (Å²) in [5.74, 6) is -0.133. The Labute approximate surface area is 110 Å². The molecule has 0 aromatic heterocycles. The first-order valence-electron chi connectivity index (χ1n) is 6.18. The van der Waals surface area contributed by atoms with E-state index in [0.717, 1.165) is 18.6 Å². The van der Waals surface area contributed by atoms with E-state index in [1.807, 2.05) is 6.92 Å². The molecule has 1 aromatic carbocycles. The van der Waals surface area contributed by atoms with Crippen molar-refractivity contribution in [1.29, 1.82) is 0 Å². The van der Waals surface area contributed by atoms with Crippen LogP contribution in [0.5, 0.6) is 0 Å². The average molecular weight is 273 g/mol. The molecule has 0 radical (unpaired) electrons. The largest absolute Gasteiger partial charge is 0.416 e. The Morgan fingerprint density at radius 2 is 2.00 bits per heavy atom. The fourth-order valence-corrected chi connectivity index (χ4v) is 1.87. The van der Waals surface area contributed by atoms with Crippen molar-refractivity contribution in [2.24, 2.45) is 5.73 Å². The van der Waals surface area contributed by atoms with Gasteiger partial charge in [-0.05, 0) is 44.4 Å². The van der Waals surface area contributed by atoms with Gasteiger partial charge < -0.3 is 5.73 Å². The maximum Gasteiger partial charge on any atom is 0.416 e. The van der Waals surface area contributed by atoms with Gasteiger partial charge in [-0.3, -0.25) is 4.79 Å². The second-order valence-corrected chi connectivity index (χ2v) is 4.82. The van der Waals surface area contributed by atoms with Crippen LogP contribution < -0.4 is 5.73 Å². The third kappa shape index (κ3) is 4.67. The average Bonchev–Trinajstić information content (AvgIpc) is 2.26. The van der Waals surface area contributed by atoms with Gasteiger partial charge in [0.25, 0.3) is 0 Å². The number of Topliss-reactive ketones (excluding diaryl/α,β-unsaturated/α-hetero) is 1. The van der Waals surface area contributed by atoms with Gasteiger partial charge in [0.1, 0.15) is 0 Å². The van der Waals surface area contributed by atoms with Crippen LogP contribution in [-0.4, -0.2) is 11.8 Å². The molecule has 106 valence electrons. The zero-order valence-corrected chi connectivity index (χ0v) is 11.1. The van der Waals surface area contributed by atoms with Crippen molar-refractivity contribution in [1.82, 2.24) is 0 Å². The number of rotatable bonds is 5. The molecule has 0 spiro atoms. The van der Waals surface area contributed by atoms with Crippen molar-refractivity contribution in [2.45, 2.75) is 45.3 Å². The summed E-state index contributed by atoms with van der Waals surface area (Å²) in [5, 5.41) is 0. The topological polar surface area (TPSA) is 43.1 Å². The van der Waals surface area contributed by atoms with Crippen molar-refractivity contribution in [2.75, 3.05) is 0 Å². The lowest BCUT2D eigenvalue weighted by atomic mass is 9.98. The van der Waals surface area contributed by atoms with Gasteiger partial charge in [-0.1, -0.05) is 6.07 Å². The van der Waals surface area contributed by atoms with E-state index in [9.17, 15) is 18.0 Å². The fraction of sp³-hybridized carbons (Fsp3) is 0.500. The molecule has 0 aliphatic rings. The van der Waals surface area contributed by atoms with Crippen LogP contribution >= 0.6 is 0 Å². The highest BCUT2D eigenvalue weighted by Gasteiger charge is 2.30. The van der Waals surface area contributed by atoms with Crippen molar-refractivity contribution in [3.63, 3.8) is 0 Å². The summed E-state index contributed by atoms with van der Waals surface area (Å²) in [5.41, 5.74) is 5.57.